The molecule has 2 heterocycles. The van der Waals surface area contributed by atoms with E-state index in [-0.39, 0.29) is 5.91 Å². The summed E-state index contributed by atoms with van der Waals surface area (Å²) in [5.74, 6) is 1.46. The van der Waals surface area contributed by atoms with Crippen LogP contribution in [0.25, 0.3) is 0 Å². The summed E-state index contributed by atoms with van der Waals surface area (Å²) in [7, 11) is 0. The number of ether oxygens (including phenoxy) is 2. The first kappa shape index (κ1) is 15.1. The van der Waals surface area contributed by atoms with Crippen molar-refractivity contribution in [3.63, 3.8) is 0 Å². The molecular weight excluding hydrogens is 302 g/mol. The standard InChI is InChI=1S/C20H21NO3/c1-11-8-12(2)18(13(3)9-11)21-20(22)17-15-5-7-23-16(15)10-14-4-6-24-19(14)17/h8-10H,4-7H2,1-3H3,(H,21,22). The number of fused-ring (bicyclic) bond motifs is 2. The summed E-state index contributed by atoms with van der Waals surface area (Å²) in [5, 5.41) is 3.11. The maximum absolute atomic E-state index is 13.1. The Morgan fingerprint density at radius 2 is 1.71 bits per heavy atom. The second kappa shape index (κ2) is 5.55. The first-order valence-corrected chi connectivity index (χ1v) is 8.38. The minimum atomic E-state index is -0.106. The summed E-state index contributed by atoms with van der Waals surface area (Å²) in [4.78, 5) is 13.1. The van der Waals surface area contributed by atoms with Crippen molar-refractivity contribution < 1.29 is 14.3 Å². The Morgan fingerprint density at radius 1 is 1.00 bits per heavy atom. The number of carbonyl (C=O) groups is 1. The SMILES string of the molecule is Cc1cc(C)c(NC(=O)c2c3c(cc4c2OCC4)OCC3)c(C)c1. The van der Waals surface area contributed by atoms with Crippen LogP contribution in [0.3, 0.4) is 0 Å². The molecule has 124 valence electrons. The highest BCUT2D eigenvalue weighted by molar-refractivity contribution is 6.09. The third-order valence-corrected chi connectivity index (χ3v) is 4.79. The van der Waals surface area contributed by atoms with Gasteiger partial charge in [0.2, 0.25) is 0 Å². The van der Waals surface area contributed by atoms with Gasteiger partial charge in [-0.3, -0.25) is 4.79 Å². The second-order valence-electron chi connectivity index (χ2n) is 6.64. The van der Waals surface area contributed by atoms with Crippen LogP contribution in [0.2, 0.25) is 0 Å². The summed E-state index contributed by atoms with van der Waals surface area (Å²) in [5.41, 5.74) is 6.91. The Hall–Kier alpha value is -2.49. The molecular formula is C20H21NO3. The van der Waals surface area contributed by atoms with Gasteiger partial charge in [-0.05, 0) is 38.0 Å². The van der Waals surface area contributed by atoms with Crippen molar-refractivity contribution in [2.24, 2.45) is 0 Å². The number of benzene rings is 2. The first-order chi connectivity index (χ1) is 11.5. The van der Waals surface area contributed by atoms with Crippen molar-refractivity contribution >= 4 is 11.6 Å². The summed E-state index contributed by atoms with van der Waals surface area (Å²) >= 11 is 0. The summed E-state index contributed by atoms with van der Waals surface area (Å²) < 4.78 is 11.5. The molecule has 4 nitrogen and oxygen atoms in total. The fourth-order valence-corrected chi connectivity index (χ4v) is 3.78. The number of aryl methyl sites for hydroxylation is 3. The van der Waals surface area contributed by atoms with Gasteiger partial charge in [0, 0.05) is 29.7 Å². The lowest BCUT2D eigenvalue weighted by Crippen LogP contribution is -2.17. The average Bonchev–Trinajstić information content (AvgIpc) is 3.16. The van der Waals surface area contributed by atoms with Gasteiger partial charge in [-0.25, -0.2) is 0 Å². The van der Waals surface area contributed by atoms with Crippen LogP contribution in [0.1, 0.15) is 38.2 Å². The van der Waals surface area contributed by atoms with Crippen molar-refractivity contribution in [2.45, 2.75) is 33.6 Å². The van der Waals surface area contributed by atoms with Gasteiger partial charge in [0.1, 0.15) is 11.5 Å². The van der Waals surface area contributed by atoms with Crippen LogP contribution in [-0.4, -0.2) is 19.1 Å². The molecule has 0 spiro atoms. The molecule has 0 radical (unpaired) electrons. The molecule has 0 aliphatic carbocycles. The number of hydrogen-bond acceptors (Lipinski definition) is 3. The Labute approximate surface area is 141 Å². The summed E-state index contributed by atoms with van der Waals surface area (Å²) in [6, 6.07) is 6.20. The van der Waals surface area contributed by atoms with Crippen LogP contribution in [0.5, 0.6) is 11.5 Å². The maximum atomic E-state index is 13.1. The highest BCUT2D eigenvalue weighted by Crippen LogP contribution is 2.41. The molecule has 2 aliphatic rings. The zero-order chi connectivity index (χ0) is 16.8. The lowest BCUT2D eigenvalue weighted by molar-refractivity contribution is 0.102. The van der Waals surface area contributed by atoms with Crippen molar-refractivity contribution in [3.8, 4) is 11.5 Å². The van der Waals surface area contributed by atoms with Gasteiger partial charge in [0.05, 0.1) is 18.8 Å². The Kier molecular flexibility index (Phi) is 3.48. The molecule has 2 aromatic rings. The summed E-state index contributed by atoms with van der Waals surface area (Å²) in [6.45, 7) is 7.36. The molecule has 0 saturated carbocycles. The molecule has 0 unspecified atom stereocenters. The molecule has 4 heteroatoms. The minimum Gasteiger partial charge on any atom is -0.493 e. The van der Waals surface area contributed by atoms with Crippen molar-refractivity contribution in [2.75, 3.05) is 18.5 Å². The largest absolute Gasteiger partial charge is 0.493 e. The Morgan fingerprint density at radius 3 is 2.46 bits per heavy atom. The molecule has 1 amide bonds. The molecule has 0 atom stereocenters. The number of carbonyl (C=O) groups excluding carboxylic acids is 1. The predicted molar refractivity (Wildman–Crippen MR) is 93.4 cm³/mol. The smallest absolute Gasteiger partial charge is 0.259 e. The number of nitrogens with one attached hydrogen (secondary N) is 1. The van der Waals surface area contributed by atoms with E-state index in [1.165, 1.54) is 5.56 Å². The van der Waals surface area contributed by atoms with E-state index in [1.807, 2.05) is 19.9 Å². The van der Waals surface area contributed by atoms with E-state index in [1.54, 1.807) is 0 Å². The van der Waals surface area contributed by atoms with Gasteiger partial charge >= 0.3 is 0 Å². The van der Waals surface area contributed by atoms with Crippen molar-refractivity contribution in [1.82, 2.24) is 0 Å². The molecule has 0 saturated heterocycles. The third kappa shape index (κ3) is 2.33. The number of hydrogen-bond donors (Lipinski definition) is 1. The number of amides is 1. The highest BCUT2D eigenvalue weighted by atomic mass is 16.5. The third-order valence-electron chi connectivity index (χ3n) is 4.79. The molecule has 0 bridgehead atoms. The van der Waals surface area contributed by atoms with Crippen LogP contribution >= 0.6 is 0 Å². The molecule has 0 aromatic heterocycles. The zero-order valence-electron chi connectivity index (χ0n) is 14.3. The normalized spacial score (nSPS) is 14.6. The van der Waals surface area contributed by atoms with E-state index in [2.05, 4.69) is 24.4 Å². The second-order valence-corrected chi connectivity index (χ2v) is 6.64. The maximum Gasteiger partial charge on any atom is 0.259 e. The molecule has 0 fully saturated rings. The van der Waals surface area contributed by atoms with Gasteiger partial charge in [-0.15, -0.1) is 0 Å². The number of rotatable bonds is 2. The van der Waals surface area contributed by atoms with E-state index in [0.717, 1.165) is 52.3 Å². The van der Waals surface area contributed by atoms with Crippen molar-refractivity contribution in [3.05, 3.63) is 51.6 Å². The molecule has 2 aromatic carbocycles. The van der Waals surface area contributed by atoms with E-state index >= 15 is 0 Å². The van der Waals surface area contributed by atoms with Gasteiger partial charge in [0.15, 0.2) is 0 Å². The van der Waals surface area contributed by atoms with Gasteiger partial charge in [0.25, 0.3) is 5.91 Å². The lowest BCUT2D eigenvalue weighted by Gasteiger charge is -2.16. The molecule has 4 rings (SSSR count). The fourth-order valence-electron chi connectivity index (χ4n) is 3.78. The minimum absolute atomic E-state index is 0.106. The summed E-state index contributed by atoms with van der Waals surface area (Å²) in [6.07, 6.45) is 1.58. The van der Waals surface area contributed by atoms with E-state index < -0.39 is 0 Å². The van der Waals surface area contributed by atoms with Crippen LogP contribution < -0.4 is 14.8 Å². The van der Waals surface area contributed by atoms with Crippen LogP contribution in [-0.2, 0) is 12.8 Å². The van der Waals surface area contributed by atoms with Crippen molar-refractivity contribution in [1.29, 1.82) is 0 Å². The van der Waals surface area contributed by atoms with Gasteiger partial charge < -0.3 is 14.8 Å². The highest BCUT2D eigenvalue weighted by Gasteiger charge is 2.30. The zero-order valence-corrected chi connectivity index (χ0v) is 14.3. The van der Waals surface area contributed by atoms with E-state index in [4.69, 9.17) is 9.47 Å². The Bertz CT molecular complexity index is 799. The van der Waals surface area contributed by atoms with Crippen LogP contribution in [0.4, 0.5) is 5.69 Å². The Balaban J connectivity index is 1.77. The van der Waals surface area contributed by atoms with E-state index in [9.17, 15) is 4.79 Å². The average molecular weight is 323 g/mol. The number of anilines is 1. The van der Waals surface area contributed by atoms with Gasteiger partial charge in [-0.1, -0.05) is 17.7 Å². The van der Waals surface area contributed by atoms with Crippen LogP contribution in [0, 0.1) is 20.8 Å². The fraction of sp³-hybridized carbons (Fsp3) is 0.350. The lowest BCUT2D eigenvalue weighted by atomic mass is 9.98. The van der Waals surface area contributed by atoms with E-state index in [0.29, 0.717) is 18.8 Å². The van der Waals surface area contributed by atoms with Gasteiger partial charge in [-0.2, -0.15) is 0 Å². The molecule has 2 aliphatic heterocycles. The predicted octanol–water partition coefficient (Wildman–Crippen LogP) is 3.73. The quantitative estimate of drug-likeness (QED) is 0.916. The monoisotopic (exact) mass is 323 g/mol. The molecule has 1 N–H and O–H groups in total. The topological polar surface area (TPSA) is 47.6 Å². The van der Waals surface area contributed by atoms with Crippen LogP contribution in [0.15, 0.2) is 18.2 Å². The molecule has 24 heavy (non-hydrogen) atoms. The first-order valence-electron chi connectivity index (χ1n) is 8.38.